The number of nitrogens with zero attached hydrogens (tertiary/aromatic N) is 2. The normalized spacial score (nSPS) is 27.5. The topological polar surface area (TPSA) is 66.8 Å². The van der Waals surface area contributed by atoms with Gasteiger partial charge in [-0.1, -0.05) is 22.6 Å². The minimum absolute atomic E-state index is 0.0228. The zero-order valence-corrected chi connectivity index (χ0v) is 12.8. The molecule has 0 spiro atoms. The van der Waals surface area contributed by atoms with E-state index in [1.165, 1.54) is 4.31 Å². The van der Waals surface area contributed by atoms with Crippen LogP contribution >= 0.6 is 0 Å². The summed E-state index contributed by atoms with van der Waals surface area (Å²) in [5.41, 5.74) is 0.720. The van der Waals surface area contributed by atoms with Crippen molar-refractivity contribution in [2.75, 3.05) is 26.2 Å². The minimum atomic E-state index is -3.80. The molecule has 2 aliphatic heterocycles. The van der Waals surface area contributed by atoms with Gasteiger partial charge in [-0.25, -0.2) is 0 Å². The molecule has 0 bridgehead atoms. The Bertz CT molecular complexity index is 613. The van der Waals surface area contributed by atoms with E-state index in [0.29, 0.717) is 18.8 Å². The van der Waals surface area contributed by atoms with Crippen molar-refractivity contribution in [3.8, 4) is 5.75 Å². The number of hydrogen-bond acceptors (Lipinski definition) is 4. The summed E-state index contributed by atoms with van der Waals surface area (Å²) in [4.78, 5) is 0. The molecule has 0 amide bonds. The molecule has 1 atom stereocenters. The highest BCUT2D eigenvalue weighted by atomic mass is 32.2. The molecule has 21 heavy (non-hydrogen) atoms. The smallest absolute Gasteiger partial charge is 0.403 e. The molecule has 1 N–H and O–H groups in total. The molecule has 6 nitrogen and oxygen atoms in total. The molecule has 0 radical (unpaired) electrons. The Morgan fingerprint density at radius 3 is 2.62 bits per heavy atom. The van der Waals surface area contributed by atoms with Gasteiger partial charge in [-0.05, 0) is 25.0 Å². The highest BCUT2D eigenvalue weighted by Gasteiger charge is 2.47. The zero-order valence-electron chi connectivity index (χ0n) is 11.9. The number of quaternary nitrogens is 1. The number of hydrogen-bond donors (Lipinski definition) is 1. The van der Waals surface area contributed by atoms with Gasteiger partial charge in [0, 0.05) is 13.1 Å². The second-order valence-corrected chi connectivity index (χ2v) is 7.71. The Labute approximate surface area is 125 Å². The van der Waals surface area contributed by atoms with Crippen molar-refractivity contribution in [1.82, 2.24) is 4.31 Å². The second kappa shape index (κ2) is 5.57. The minimum Gasteiger partial charge on any atom is -0.487 e. The van der Waals surface area contributed by atoms with Crippen molar-refractivity contribution >= 4 is 10.2 Å². The lowest BCUT2D eigenvalue weighted by Crippen LogP contribution is -2.57. The fraction of sp³-hybridized carbons (Fsp3) is 0.571. The monoisotopic (exact) mass is 313 g/mol. The fourth-order valence-electron chi connectivity index (χ4n) is 2.93. The van der Waals surface area contributed by atoms with Crippen LogP contribution in [0.2, 0.25) is 0 Å². The van der Waals surface area contributed by atoms with Crippen LogP contribution in [0.3, 0.4) is 0 Å². The quantitative estimate of drug-likeness (QED) is 0.841. The molecule has 2 aliphatic rings. The molecule has 1 aromatic rings. The summed E-state index contributed by atoms with van der Waals surface area (Å²) in [6.45, 7) is 1.22. The van der Waals surface area contributed by atoms with Crippen LogP contribution in [-0.4, -0.2) is 48.2 Å². The number of benzene rings is 1. The predicted octanol–water partition coefficient (Wildman–Crippen LogP) is 1.52. The molecule has 0 saturated carbocycles. The van der Waals surface area contributed by atoms with Gasteiger partial charge in [0.05, 0.1) is 5.56 Å². The van der Waals surface area contributed by atoms with Crippen molar-refractivity contribution in [3.05, 3.63) is 29.8 Å². The van der Waals surface area contributed by atoms with Gasteiger partial charge in [0.2, 0.25) is 0 Å². The van der Waals surface area contributed by atoms with Crippen molar-refractivity contribution in [1.29, 1.82) is 0 Å². The molecule has 1 aromatic carbocycles. The van der Waals surface area contributed by atoms with Crippen LogP contribution in [0.1, 0.15) is 24.8 Å². The SMILES string of the molecule is O=S(=O)(N1CCCCC1)[N+]1(O)CCOc2ccccc2C1. The zero-order chi connectivity index (χ0) is 14.9. The summed E-state index contributed by atoms with van der Waals surface area (Å²) in [7, 11) is -3.80. The number of piperidine rings is 1. The molecule has 116 valence electrons. The Morgan fingerprint density at radius 1 is 1.14 bits per heavy atom. The first kappa shape index (κ1) is 14.8. The van der Waals surface area contributed by atoms with Crippen molar-refractivity contribution < 1.29 is 22.4 Å². The van der Waals surface area contributed by atoms with Crippen LogP contribution in [0.25, 0.3) is 0 Å². The van der Waals surface area contributed by atoms with E-state index in [1.54, 1.807) is 12.1 Å². The van der Waals surface area contributed by atoms with Crippen LogP contribution in [0.15, 0.2) is 24.3 Å². The molecule has 2 heterocycles. The number of hydroxylamine groups is 2. The average molecular weight is 313 g/mol. The van der Waals surface area contributed by atoms with Gasteiger partial charge in [-0.15, -0.1) is 0 Å². The maximum atomic E-state index is 12.8. The molecule has 1 fully saturated rings. The largest absolute Gasteiger partial charge is 0.487 e. The van der Waals surface area contributed by atoms with E-state index in [4.69, 9.17) is 4.74 Å². The Hall–Kier alpha value is -1.15. The first-order valence-electron chi connectivity index (χ1n) is 7.34. The third-order valence-corrected chi connectivity index (χ3v) is 6.35. The number of ether oxygens (including phenoxy) is 1. The summed E-state index contributed by atoms with van der Waals surface area (Å²) < 4.78 is 31.6. The molecule has 3 rings (SSSR count). The van der Waals surface area contributed by atoms with Crippen LogP contribution in [-0.2, 0) is 16.8 Å². The van der Waals surface area contributed by atoms with Gasteiger partial charge in [-0.2, -0.15) is 17.9 Å². The highest BCUT2D eigenvalue weighted by molar-refractivity contribution is 7.83. The molecule has 0 aromatic heterocycles. The molecular weight excluding hydrogens is 292 g/mol. The lowest BCUT2D eigenvalue weighted by molar-refractivity contribution is -1.01. The van der Waals surface area contributed by atoms with Crippen molar-refractivity contribution in [3.63, 3.8) is 0 Å². The van der Waals surface area contributed by atoms with Crippen LogP contribution in [0.4, 0.5) is 0 Å². The average Bonchev–Trinajstić information content (AvgIpc) is 2.67. The van der Waals surface area contributed by atoms with Crippen molar-refractivity contribution in [2.24, 2.45) is 0 Å². The van der Waals surface area contributed by atoms with E-state index in [-0.39, 0.29) is 19.7 Å². The van der Waals surface area contributed by atoms with E-state index in [2.05, 4.69) is 0 Å². The van der Waals surface area contributed by atoms with Gasteiger partial charge >= 0.3 is 10.2 Å². The number of fused-ring (bicyclic) bond motifs is 1. The first-order chi connectivity index (χ1) is 10.0. The van der Waals surface area contributed by atoms with Gasteiger partial charge in [0.1, 0.15) is 12.4 Å². The van der Waals surface area contributed by atoms with E-state index >= 15 is 0 Å². The summed E-state index contributed by atoms with van der Waals surface area (Å²) >= 11 is 0. The molecule has 1 unspecified atom stereocenters. The number of rotatable bonds is 2. The van der Waals surface area contributed by atoms with E-state index in [1.807, 2.05) is 12.1 Å². The van der Waals surface area contributed by atoms with E-state index < -0.39 is 14.3 Å². The van der Waals surface area contributed by atoms with Crippen LogP contribution in [0.5, 0.6) is 5.75 Å². The highest BCUT2D eigenvalue weighted by Crippen LogP contribution is 2.30. The maximum absolute atomic E-state index is 12.8. The maximum Gasteiger partial charge on any atom is 0.403 e. The first-order valence-corrected chi connectivity index (χ1v) is 8.73. The van der Waals surface area contributed by atoms with Gasteiger partial charge in [0.15, 0.2) is 13.1 Å². The lowest BCUT2D eigenvalue weighted by atomic mass is 10.2. The Morgan fingerprint density at radius 2 is 1.86 bits per heavy atom. The molecule has 7 heteroatoms. The summed E-state index contributed by atoms with van der Waals surface area (Å²) in [6.07, 6.45) is 2.75. The van der Waals surface area contributed by atoms with Gasteiger partial charge in [0.25, 0.3) is 0 Å². The fourth-order valence-corrected chi connectivity index (χ4v) is 4.68. The third kappa shape index (κ3) is 2.66. The second-order valence-electron chi connectivity index (χ2n) is 5.62. The lowest BCUT2D eigenvalue weighted by Gasteiger charge is -2.33. The molecule has 1 saturated heterocycles. The number of para-hydroxylation sites is 1. The van der Waals surface area contributed by atoms with Gasteiger partial charge < -0.3 is 4.74 Å². The van der Waals surface area contributed by atoms with Crippen LogP contribution in [0, 0.1) is 0 Å². The summed E-state index contributed by atoms with van der Waals surface area (Å²) in [6, 6.07) is 7.27. The van der Waals surface area contributed by atoms with Crippen LogP contribution < -0.4 is 4.74 Å². The van der Waals surface area contributed by atoms with Crippen molar-refractivity contribution in [2.45, 2.75) is 25.8 Å². The van der Waals surface area contributed by atoms with E-state index in [9.17, 15) is 13.6 Å². The van der Waals surface area contributed by atoms with Gasteiger partial charge in [-0.3, -0.25) is 0 Å². The molecule has 0 aliphatic carbocycles. The Kier molecular flexibility index (Phi) is 3.92. The Balaban J connectivity index is 1.92. The standard InChI is InChI=1S/C14H21N2O4S/c17-16(21(18,19)15-8-4-1-5-9-15)10-11-20-14-7-3-2-6-13(14)12-16/h2-3,6-7,17H,1,4-5,8-12H2/q+1. The summed E-state index contributed by atoms with van der Waals surface area (Å²) in [5, 5.41) is 10.8. The third-order valence-electron chi connectivity index (χ3n) is 4.16. The summed E-state index contributed by atoms with van der Waals surface area (Å²) in [5.74, 6) is 0.653. The predicted molar refractivity (Wildman–Crippen MR) is 76.9 cm³/mol. The molecular formula is C14H21N2O4S+. The van der Waals surface area contributed by atoms with E-state index in [0.717, 1.165) is 24.8 Å².